The lowest BCUT2D eigenvalue weighted by Crippen LogP contribution is -2.09. The molecule has 1 aromatic heterocycles. The van der Waals surface area contributed by atoms with Crippen LogP contribution in [0.15, 0.2) is 30.0 Å². The molecule has 0 unspecified atom stereocenters. The molecule has 1 aromatic rings. The average molecular weight is 232 g/mol. The number of allylic oxidation sites excluding steroid dienone is 1. The number of hydrogen-bond acceptors (Lipinski definition) is 3. The molecule has 0 aromatic carbocycles. The van der Waals surface area contributed by atoms with E-state index >= 15 is 0 Å². The summed E-state index contributed by atoms with van der Waals surface area (Å²) in [6.45, 7) is 2.00. The molecule has 2 rings (SSSR count). The highest BCUT2D eigenvalue weighted by Crippen LogP contribution is 2.35. The largest absolute Gasteiger partial charge is 0.481 e. The van der Waals surface area contributed by atoms with Crippen molar-refractivity contribution < 1.29 is 9.53 Å². The highest BCUT2D eigenvalue weighted by atomic mass is 16.5. The maximum absolute atomic E-state index is 11.7. The Morgan fingerprint density at radius 2 is 2.29 bits per heavy atom. The number of ether oxygens (including phenoxy) is 1. The van der Waals surface area contributed by atoms with Crippen molar-refractivity contribution in [1.82, 2.24) is 4.98 Å². The Balaban J connectivity index is 1.95. The van der Waals surface area contributed by atoms with E-state index in [0.717, 1.165) is 5.57 Å². The second-order valence-electron chi connectivity index (χ2n) is 4.24. The lowest BCUT2D eigenvalue weighted by atomic mass is 10.2. The molecule has 0 bridgehead atoms. The van der Waals surface area contributed by atoms with Crippen molar-refractivity contribution in [3.63, 3.8) is 0 Å². The molecule has 4 nitrogen and oxygen atoms in total. The lowest BCUT2D eigenvalue weighted by molar-refractivity contribution is -0.112. The van der Waals surface area contributed by atoms with Crippen LogP contribution in [0.1, 0.15) is 19.8 Å². The number of carbonyl (C=O) groups excluding carboxylic acids is 1. The monoisotopic (exact) mass is 232 g/mol. The molecule has 1 heterocycles. The van der Waals surface area contributed by atoms with Crippen LogP contribution in [-0.4, -0.2) is 18.0 Å². The number of carbonyl (C=O) groups is 1. The third-order valence-electron chi connectivity index (χ3n) is 2.79. The second-order valence-corrected chi connectivity index (χ2v) is 4.24. The van der Waals surface area contributed by atoms with E-state index in [0.29, 0.717) is 17.5 Å². The zero-order chi connectivity index (χ0) is 12.3. The van der Waals surface area contributed by atoms with Crippen LogP contribution >= 0.6 is 0 Å². The molecule has 0 atom stereocenters. The first-order valence-electron chi connectivity index (χ1n) is 5.68. The molecule has 1 fully saturated rings. The highest BCUT2D eigenvalue weighted by Gasteiger charge is 2.23. The van der Waals surface area contributed by atoms with Gasteiger partial charge >= 0.3 is 0 Å². The third-order valence-corrected chi connectivity index (χ3v) is 2.79. The Morgan fingerprint density at radius 1 is 1.53 bits per heavy atom. The van der Waals surface area contributed by atoms with Gasteiger partial charge in [-0.15, -0.1) is 0 Å². The van der Waals surface area contributed by atoms with E-state index in [1.807, 2.05) is 6.92 Å². The number of methoxy groups -OCH3 is 1. The fourth-order valence-electron chi connectivity index (χ4n) is 1.62. The highest BCUT2D eigenvalue weighted by molar-refractivity contribution is 5.99. The first-order chi connectivity index (χ1) is 8.19. The van der Waals surface area contributed by atoms with Gasteiger partial charge in [-0.3, -0.25) is 4.79 Å². The van der Waals surface area contributed by atoms with Crippen LogP contribution in [0.5, 0.6) is 5.88 Å². The molecule has 1 N–H and O–H groups in total. The summed E-state index contributed by atoms with van der Waals surface area (Å²) in [5.74, 6) is 1.06. The van der Waals surface area contributed by atoms with Gasteiger partial charge in [0.15, 0.2) is 0 Å². The Hall–Kier alpha value is -1.84. The zero-order valence-electron chi connectivity index (χ0n) is 10.1. The van der Waals surface area contributed by atoms with Gasteiger partial charge in [0, 0.05) is 12.1 Å². The minimum Gasteiger partial charge on any atom is -0.481 e. The maximum atomic E-state index is 11.7. The van der Waals surface area contributed by atoms with Gasteiger partial charge in [-0.25, -0.2) is 4.98 Å². The Labute approximate surface area is 101 Å². The molecule has 90 valence electrons. The maximum Gasteiger partial charge on any atom is 0.248 e. The van der Waals surface area contributed by atoms with Gasteiger partial charge < -0.3 is 10.1 Å². The summed E-state index contributed by atoms with van der Waals surface area (Å²) >= 11 is 0. The number of nitrogens with one attached hydrogen (secondary N) is 1. The summed E-state index contributed by atoms with van der Waals surface area (Å²) in [7, 11) is 1.56. The van der Waals surface area contributed by atoms with E-state index in [2.05, 4.69) is 10.3 Å². The topological polar surface area (TPSA) is 51.2 Å². The van der Waals surface area contributed by atoms with Crippen LogP contribution in [0.25, 0.3) is 0 Å². The molecule has 0 radical (unpaired) electrons. The average Bonchev–Trinajstić information content (AvgIpc) is 3.13. The first-order valence-corrected chi connectivity index (χ1v) is 5.68. The molecule has 0 aliphatic heterocycles. The summed E-state index contributed by atoms with van der Waals surface area (Å²) < 4.78 is 4.94. The van der Waals surface area contributed by atoms with Gasteiger partial charge in [-0.1, -0.05) is 5.57 Å². The molecule has 1 aliphatic carbocycles. The van der Waals surface area contributed by atoms with Crippen LogP contribution in [0.4, 0.5) is 5.69 Å². The quantitative estimate of drug-likeness (QED) is 0.811. The normalized spacial score (nSPS) is 15.5. The van der Waals surface area contributed by atoms with E-state index in [-0.39, 0.29) is 5.91 Å². The molecule has 0 saturated heterocycles. The second kappa shape index (κ2) is 4.99. The van der Waals surface area contributed by atoms with E-state index in [1.165, 1.54) is 12.8 Å². The number of pyridine rings is 1. The molecular formula is C13H16N2O2. The van der Waals surface area contributed by atoms with Crippen molar-refractivity contribution in [3.8, 4) is 5.88 Å². The van der Waals surface area contributed by atoms with Gasteiger partial charge in [0.2, 0.25) is 11.8 Å². The predicted octanol–water partition coefficient (Wildman–Crippen LogP) is 2.39. The van der Waals surface area contributed by atoms with Gasteiger partial charge in [-0.05, 0) is 31.7 Å². The smallest absolute Gasteiger partial charge is 0.248 e. The van der Waals surface area contributed by atoms with Crippen molar-refractivity contribution in [2.45, 2.75) is 19.8 Å². The van der Waals surface area contributed by atoms with Crippen molar-refractivity contribution in [1.29, 1.82) is 0 Å². The molecule has 1 amide bonds. The molecular weight excluding hydrogens is 216 g/mol. The van der Waals surface area contributed by atoms with Crippen LogP contribution in [0.2, 0.25) is 0 Å². The number of rotatable bonds is 4. The minimum atomic E-state index is -0.0960. The zero-order valence-corrected chi connectivity index (χ0v) is 10.1. The number of anilines is 1. The summed E-state index contributed by atoms with van der Waals surface area (Å²) in [6, 6.07) is 3.48. The summed E-state index contributed by atoms with van der Waals surface area (Å²) in [6.07, 6.45) is 5.67. The Morgan fingerprint density at radius 3 is 2.82 bits per heavy atom. The Kier molecular flexibility index (Phi) is 3.42. The van der Waals surface area contributed by atoms with E-state index in [1.54, 1.807) is 31.5 Å². The number of nitrogens with zero attached hydrogens (tertiary/aromatic N) is 1. The van der Waals surface area contributed by atoms with Gasteiger partial charge in [0.25, 0.3) is 0 Å². The minimum absolute atomic E-state index is 0.0960. The van der Waals surface area contributed by atoms with Gasteiger partial charge in [0.1, 0.15) is 0 Å². The van der Waals surface area contributed by atoms with Crippen molar-refractivity contribution >= 4 is 11.6 Å². The fraction of sp³-hybridized carbons (Fsp3) is 0.385. The van der Waals surface area contributed by atoms with Crippen LogP contribution in [0, 0.1) is 5.92 Å². The number of amides is 1. The van der Waals surface area contributed by atoms with Crippen LogP contribution in [-0.2, 0) is 4.79 Å². The molecule has 1 aliphatic rings. The van der Waals surface area contributed by atoms with E-state index < -0.39 is 0 Å². The SMILES string of the molecule is COc1ccc(NC(=O)C=C(C)C2CC2)cn1. The molecule has 17 heavy (non-hydrogen) atoms. The summed E-state index contributed by atoms with van der Waals surface area (Å²) in [4.78, 5) is 15.7. The van der Waals surface area contributed by atoms with Gasteiger partial charge in [0.05, 0.1) is 19.0 Å². The standard InChI is InChI=1S/C13H16N2O2/c1-9(10-3-4-10)7-12(16)15-11-5-6-13(17-2)14-8-11/h5-8,10H,3-4H2,1-2H3,(H,15,16). The van der Waals surface area contributed by atoms with Crippen LogP contribution < -0.4 is 10.1 Å². The number of hydrogen-bond donors (Lipinski definition) is 1. The molecule has 0 spiro atoms. The Bertz CT molecular complexity index is 433. The third kappa shape index (κ3) is 3.31. The van der Waals surface area contributed by atoms with Crippen molar-refractivity contribution in [2.75, 3.05) is 12.4 Å². The van der Waals surface area contributed by atoms with E-state index in [9.17, 15) is 4.79 Å². The van der Waals surface area contributed by atoms with Crippen molar-refractivity contribution in [2.24, 2.45) is 5.92 Å². The summed E-state index contributed by atoms with van der Waals surface area (Å²) in [5, 5.41) is 2.77. The lowest BCUT2D eigenvalue weighted by Gasteiger charge is -2.03. The summed E-state index contributed by atoms with van der Waals surface area (Å²) in [5.41, 5.74) is 1.83. The van der Waals surface area contributed by atoms with Crippen molar-refractivity contribution in [3.05, 3.63) is 30.0 Å². The first kappa shape index (κ1) is 11.6. The fourth-order valence-corrected chi connectivity index (χ4v) is 1.62. The number of aromatic nitrogens is 1. The van der Waals surface area contributed by atoms with Gasteiger partial charge in [-0.2, -0.15) is 0 Å². The van der Waals surface area contributed by atoms with E-state index in [4.69, 9.17) is 4.74 Å². The molecule has 1 saturated carbocycles. The molecule has 4 heteroatoms. The van der Waals surface area contributed by atoms with Crippen LogP contribution in [0.3, 0.4) is 0 Å². The predicted molar refractivity (Wildman–Crippen MR) is 65.9 cm³/mol.